The van der Waals surface area contributed by atoms with Crippen LogP contribution < -0.4 is 15.0 Å². The highest BCUT2D eigenvalue weighted by Gasteiger charge is 2.44. The van der Waals surface area contributed by atoms with Crippen LogP contribution in [0.4, 0.5) is 10.1 Å². The molecular formula is C23H33FN4O3. The van der Waals surface area contributed by atoms with Gasteiger partial charge in [-0.3, -0.25) is 19.4 Å². The van der Waals surface area contributed by atoms with Crippen molar-refractivity contribution in [1.29, 1.82) is 0 Å². The summed E-state index contributed by atoms with van der Waals surface area (Å²) in [6, 6.07) is 4.23. The van der Waals surface area contributed by atoms with Gasteiger partial charge in [-0.2, -0.15) is 0 Å². The highest BCUT2D eigenvalue weighted by Crippen LogP contribution is 2.30. The van der Waals surface area contributed by atoms with Gasteiger partial charge in [-0.25, -0.2) is 4.39 Å². The average Bonchev–Trinajstić information content (AvgIpc) is 3.58. The van der Waals surface area contributed by atoms with Crippen LogP contribution in [0, 0.1) is 17.7 Å². The zero-order valence-electron chi connectivity index (χ0n) is 18.5. The Hall–Kier alpha value is -2.19. The van der Waals surface area contributed by atoms with E-state index in [4.69, 9.17) is 4.74 Å². The smallest absolute Gasteiger partial charge is 0.247 e. The van der Waals surface area contributed by atoms with Crippen molar-refractivity contribution in [3.05, 3.63) is 24.0 Å². The van der Waals surface area contributed by atoms with Crippen LogP contribution in [0.1, 0.15) is 26.2 Å². The molecule has 2 unspecified atom stereocenters. The number of nitrogens with one attached hydrogen (secondary N) is 1. The van der Waals surface area contributed by atoms with Crippen molar-refractivity contribution >= 4 is 17.5 Å². The third kappa shape index (κ3) is 5.01. The molecule has 2 amide bonds. The molecule has 7 nitrogen and oxygen atoms in total. The Morgan fingerprint density at radius 1 is 1.10 bits per heavy atom. The minimum absolute atomic E-state index is 0.0543. The number of methoxy groups -OCH3 is 1. The van der Waals surface area contributed by atoms with Crippen molar-refractivity contribution < 1.29 is 18.7 Å². The molecule has 2 atom stereocenters. The van der Waals surface area contributed by atoms with Crippen molar-refractivity contribution in [3.63, 3.8) is 0 Å². The lowest BCUT2D eigenvalue weighted by molar-refractivity contribution is -0.139. The number of ether oxygens (including phenoxy) is 1. The summed E-state index contributed by atoms with van der Waals surface area (Å²) in [7, 11) is 1.60. The van der Waals surface area contributed by atoms with E-state index < -0.39 is 0 Å². The quantitative estimate of drug-likeness (QED) is 0.600. The molecule has 0 bridgehead atoms. The normalized spacial score (nSPS) is 24.9. The van der Waals surface area contributed by atoms with Crippen LogP contribution in [0.5, 0.6) is 5.75 Å². The van der Waals surface area contributed by atoms with E-state index in [1.54, 1.807) is 13.2 Å². The Labute approximate surface area is 183 Å². The summed E-state index contributed by atoms with van der Waals surface area (Å²) in [4.78, 5) is 31.2. The molecule has 1 aliphatic carbocycles. The van der Waals surface area contributed by atoms with E-state index >= 15 is 0 Å². The first kappa shape index (κ1) is 22.0. The van der Waals surface area contributed by atoms with Gasteiger partial charge in [-0.05, 0) is 50.4 Å². The van der Waals surface area contributed by atoms with Gasteiger partial charge >= 0.3 is 0 Å². The summed E-state index contributed by atoms with van der Waals surface area (Å²) in [5, 5.41) is 3.31. The zero-order chi connectivity index (χ0) is 22.0. The molecule has 8 heteroatoms. The van der Waals surface area contributed by atoms with E-state index in [0.717, 1.165) is 51.4 Å². The van der Waals surface area contributed by atoms with Crippen LogP contribution in [0.3, 0.4) is 0 Å². The Morgan fingerprint density at radius 3 is 2.52 bits per heavy atom. The molecule has 3 fully saturated rings. The van der Waals surface area contributed by atoms with Gasteiger partial charge in [-0.15, -0.1) is 0 Å². The minimum Gasteiger partial charge on any atom is -0.495 e. The van der Waals surface area contributed by atoms with Crippen LogP contribution >= 0.6 is 0 Å². The lowest BCUT2D eigenvalue weighted by Gasteiger charge is -2.36. The molecule has 31 heavy (non-hydrogen) atoms. The summed E-state index contributed by atoms with van der Waals surface area (Å²) in [5.74, 6) is 0.686. The molecular weight excluding hydrogens is 399 g/mol. The van der Waals surface area contributed by atoms with Crippen LogP contribution in [0.25, 0.3) is 0 Å². The van der Waals surface area contributed by atoms with Gasteiger partial charge in [0, 0.05) is 38.8 Å². The molecule has 0 radical (unpaired) electrons. The first-order valence-electron chi connectivity index (χ1n) is 11.4. The molecule has 0 aromatic heterocycles. The lowest BCUT2D eigenvalue weighted by atomic mass is 10.1. The lowest BCUT2D eigenvalue weighted by Crippen LogP contribution is -2.47. The standard InChI is InChI=1S/C23H33FN4O3/c1-16-21(25-15-17-4-5-17)23(30)28(22(16)29)9-3-8-26-10-12-27(13-11-26)19-14-18(24)6-7-20(19)31-2/h6-7,14,16-17,21,25H,3-5,8-13,15H2,1-2H3. The second kappa shape index (κ2) is 9.53. The maximum Gasteiger partial charge on any atom is 0.247 e. The number of nitrogens with zero attached hydrogens (tertiary/aromatic N) is 3. The van der Waals surface area contributed by atoms with E-state index in [0.29, 0.717) is 18.2 Å². The predicted octanol–water partition coefficient (Wildman–Crippen LogP) is 1.72. The SMILES string of the molecule is COc1ccc(F)cc1N1CCN(CCCN2C(=O)C(C)C(NCC3CC3)C2=O)CC1. The molecule has 1 N–H and O–H groups in total. The molecule has 1 saturated carbocycles. The Bertz CT molecular complexity index is 808. The Balaban J connectivity index is 1.22. The number of hydrogen-bond donors (Lipinski definition) is 1. The maximum absolute atomic E-state index is 13.7. The van der Waals surface area contributed by atoms with E-state index in [2.05, 4.69) is 15.1 Å². The van der Waals surface area contributed by atoms with Gasteiger partial charge < -0.3 is 15.0 Å². The van der Waals surface area contributed by atoms with Gasteiger partial charge in [-0.1, -0.05) is 6.92 Å². The van der Waals surface area contributed by atoms with Crippen molar-refractivity contribution in [2.75, 3.05) is 57.8 Å². The largest absolute Gasteiger partial charge is 0.495 e. The second-order valence-electron chi connectivity index (χ2n) is 8.94. The number of carbonyl (C=O) groups excluding carboxylic acids is 2. The highest BCUT2D eigenvalue weighted by atomic mass is 19.1. The highest BCUT2D eigenvalue weighted by molar-refractivity contribution is 6.06. The minimum atomic E-state index is -0.363. The molecule has 2 aliphatic heterocycles. The molecule has 3 aliphatic rings. The number of benzene rings is 1. The van der Waals surface area contributed by atoms with E-state index in [9.17, 15) is 14.0 Å². The van der Waals surface area contributed by atoms with E-state index in [-0.39, 0.29) is 29.6 Å². The Kier molecular flexibility index (Phi) is 6.77. The number of hydrogen-bond acceptors (Lipinski definition) is 6. The number of halogens is 1. The van der Waals surface area contributed by atoms with Crippen molar-refractivity contribution in [3.8, 4) is 5.75 Å². The van der Waals surface area contributed by atoms with Crippen LogP contribution in [-0.2, 0) is 9.59 Å². The first-order chi connectivity index (χ1) is 15.0. The second-order valence-corrected chi connectivity index (χ2v) is 8.94. The maximum atomic E-state index is 13.7. The van der Waals surface area contributed by atoms with E-state index in [1.807, 2.05) is 6.92 Å². The number of amides is 2. The van der Waals surface area contributed by atoms with Crippen molar-refractivity contribution in [1.82, 2.24) is 15.1 Å². The molecule has 170 valence electrons. The summed E-state index contributed by atoms with van der Waals surface area (Å²) in [5.41, 5.74) is 0.786. The fraction of sp³-hybridized carbons (Fsp3) is 0.652. The third-order valence-corrected chi connectivity index (χ3v) is 6.72. The first-order valence-corrected chi connectivity index (χ1v) is 11.4. The summed E-state index contributed by atoms with van der Waals surface area (Å²) < 4.78 is 19.1. The van der Waals surface area contributed by atoms with Gasteiger partial charge in [0.15, 0.2) is 0 Å². The van der Waals surface area contributed by atoms with E-state index in [1.165, 1.54) is 29.9 Å². The van der Waals surface area contributed by atoms with Gasteiger partial charge in [0.2, 0.25) is 11.8 Å². The molecule has 1 aromatic carbocycles. The molecule has 2 heterocycles. The summed E-state index contributed by atoms with van der Waals surface area (Å²) >= 11 is 0. The Morgan fingerprint density at radius 2 is 1.84 bits per heavy atom. The average molecular weight is 433 g/mol. The summed E-state index contributed by atoms with van der Waals surface area (Å²) in [6.07, 6.45) is 3.21. The number of piperazine rings is 1. The molecule has 4 rings (SSSR count). The van der Waals surface area contributed by atoms with Crippen molar-refractivity contribution in [2.45, 2.75) is 32.2 Å². The monoisotopic (exact) mass is 432 g/mol. The van der Waals surface area contributed by atoms with Crippen LogP contribution in [0.2, 0.25) is 0 Å². The number of imide groups is 1. The molecule has 1 aromatic rings. The fourth-order valence-corrected chi connectivity index (χ4v) is 4.55. The molecule has 0 spiro atoms. The molecule has 2 saturated heterocycles. The number of rotatable bonds is 9. The van der Waals surface area contributed by atoms with Gasteiger partial charge in [0.05, 0.1) is 24.8 Å². The predicted molar refractivity (Wildman–Crippen MR) is 117 cm³/mol. The van der Waals surface area contributed by atoms with Gasteiger partial charge in [0.25, 0.3) is 0 Å². The van der Waals surface area contributed by atoms with Crippen LogP contribution in [-0.4, -0.2) is 80.6 Å². The van der Waals surface area contributed by atoms with Gasteiger partial charge in [0.1, 0.15) is 11.6 Å². The zero-order valence-corrected chi connectivity index (χ0v) is 18.5. The topological polar surface area (TPSA) is 65.1 Å². The number of likely N-dealkylation sites (tertiary alicyclic amines) is 1. The number of carbonyl (C=O) groups is 2. The van der Waals surface area contributed by atoms with Crippen LogP contribution in [0.15, 0.2) is 18.2 Å². The van der Waals surface area contributed by atoms with Crippen molar-refractivity contribution in [2.24, 2.45) is 11.8 Å². The fourth-order valence-electron chi connectivity index (χ4n) is 4.55. The summed E-state index contributed by atoms with van der Waals surface area (Å²) in [6.45, 7) is 7.26. The number of anilines is 1. The third-order valence-electron chi connectivity index (χ3n) is 6.72.